The van der Waals surface area contributed by atoms with Crippen LogP contribution in [0, 0.1) is 0 Å². The van der Waals surface area contributed by atoms with Crippen LogP contribution in [-0.2, 0) is 19.4 Å². The third-order valence-electron chi connectivity index (χ3n) is 2.20. The smallest absolute Gasteiger partial charge is 0.120 e. The van der Waals surface area contributed by atoms with Crippen LogP contribution in [0.15, 0.2) is 0 Å². The van der Waals surface area contributed by atoms with Crippen molar-refractivity contribution >= 4 is 12.4 Å². The van der Waals surface area contributed by atoms with Crippen LogP contribution in [0.2, 0.25) is 0 Å². The highest BCUT2D eigenvalue weighted by Crippen LogP contribution is 2.18. The van der Waals surface area contributed by atoms with Crippen LogP contribution in [-0.4, -0.2) is 9.97 Å². The minimum atomic E-state index is 0. The number of nitrogens with one attached hydrogen (secondary N) is 1. The SMILES string of the molecule is Cl.NCc1nc2c([nH]1)CCCC2. The molecule has 3 nitrogen and oxygen atoms in total. The summed E-state index contributed by atoms with van der Waals surface area (Å²) in [6.45, 7) is 0.535. The summed E-state index contributed by atoms with van der Waals surface area (Å²) >= 11 is 0. The average Bonchev–Trinajstić information content (AvgIpc) is 2.46. The molecule has 0 aliphatic heterocycles. The van der Waals surface area contributed by atoms with Gasteiger partial charge in [0.1, 0.15) is 5.82 Å². The molecule has 0 aromatic carbocycles. The fourth-order valence-corrected chi connectivity index (χ4v) is 1.61. The highest BCUT2D eigenvalue weighted by Gasteiger charge is 2.12. The Morgan fingerprint density at radius 1 is 1.33 bits per heavy atom. The number of hydrogen-bond acceptors (Lipinski definition) is 2. The summed E-state index contributed by atoms with van der Waals surface area (Å²) < 4.78 is 0. The number of fused-ring (bicyclic) bond motifs is 1. The van der Waals surface area contributed by atoms with Crippen LogP contribution < -0.4 is 5.73 Å². The van der Waals surface area contributed by atoms with Crippen molar-refractivity contribution in [1.29, 1.82) is 0 Å². The zero-order valence-electron chi connectivity index (χ0n) is 6.97. The van der Waals surface area contributed by atoms with Gasteiger partial charge in [0.2, 0.25) is 0 Å². The van der Waals surface area contributed by atoms with Crippen molar-refractivity contribution in [3.8, 4) is 0 Å². The van der Waals surface area contributed by atoms with E-state index in [-0.39, 0.29) is 12.4 Å². The molecule has 0 saturated heterocycles. The van der Waals surface area contributed by atoms with Crippen molar-refractivity contribution in [2.45, 2.75) is 32.2 Å². The number of nitrogens with zero attached hydrogens (tertiary/aromatic N) is 1. The van der Waals surface area contributed by atoms with E-state index >= 15 is 0 Å². The number of aryl methyl sites for hydroxylation is 2. The molecule has 12 heavy (non-hydrogen) atoms. The van der Waals surface area contributed by atoms with E-state index in [2.05, 4.69) is 9.97 Å². The topological polar surface area (TPSA) is 54.7 Å². The molecular formula is C8H14ClN3. The predicted molar refractivity (Wildman–Crippen MR) is 50.4 cm³/mol. The largest absolute Gasteiger partial charge is 0.345 e. The Labute approximate surface area is 78.2 Å². The summed E-state index contributed by atoms with van der Waals surface area (Å²) in [6.07, 6.45) is 4.86. The molecule has 4 heteroatoms. The van der Waals surface area contributed by atoms with E-state index < -0.39 is 0 Å². The van der Waals surface area contributed by atoms with E-state index in [0.29, 0.717) is 6.54 Å². The maximum absolute atomic E-state index is 5.47. The lowest BCUT2D eigenvalue weighted by Gasteiger charge is -2.07. The molecule has 1 aromatic heterocycles. The second kappa shape index (κ2) is 3.92. The van der Waals surface area contributed by atoms with Gasteiger partial charge < -0.3 is 10.7 Å². The second-order valence-electron chi connectivity index (χ2n) is 3.02. The second-order valence-corrected chi connectivity index (χ2v) is 3.02. The van der Waals surface area contributed by atoms with Crippen molar-refractivity contribution in [2.24, 2.45) is 5.73 Å². The molecule has 0 bridgehead atoms. The number of halogens is 1. The van der Waals surface area contributed by atoms with Crippen molar-refractivity contribution in [3.05, 3.63) is 17.2 Å². The van der Waals surface area contributed by atoms with Crippen molar-refractivity contribution < 1.29 is 0 Å². The standard InChI is InChI=1S/C8H13N3.ClH/c9-5-8-10-6-3-1-2-4-7(6)11-8;/h1-5,9H2,(H,10,11);1H. The first-order valence-corrected chi connectivity index (χ1v) is 4.17. The normalized spacial score (nSPS) is 15.1. The third kappa shape index (κ3) is 1.62. The van der Waals surface area contributed by atoms with E-state index in [4.69, 9.17) is 5.73 Å². The van der Waals surface area contributed by atoms with Crippen LogP contribution in [0.5, 0.6) is 0 Å². The van der Waals surface area contributed by atoms with Gasteiger partial charge in [-0.05, 0) is 25.7 Å². The van der Waals surface area contributed by atoms with Gasteiger partial charge in [-0.25, -0.2) is 4.98 Å². The van der Waals surface area contributed by atoms with Crippen molar-refractivity contribution in [3.63, 3.8) is 0 Å². The highest BCUT2D eigenvalue weighted by atomic mass is 35.5. The summed E-state index contributed by atoms with van der Waals surface area (Å²) in [6, 6.07) is 0. The summed E-state index contributed by atoms with van der Waals surface area (Å²) in [5, 5.41) is 0. The van der Waals surface area contributed by atoms with Gasteiger partial charge in [-0.2, -0.15) is 0 Å². The number of aromatic nitrogens is 2. The van der Waals surface area contributed by atoms with E-state index in [9.17, 15) is 0 Å². The van der Waals surface area contributed by atoms with Crippen LogP contribution in [0.3, 0.4) is 0 Å². The molecule has 0 unspecified atom stereocenters. The zero-order valence-corrected chi connectivity index (χ0v) is 7.78. The van der Waals surface area contributed by atoms with E-state index in [1.54, 1.807) is 0 Å². The van der Waals surface area contributed by atoms with E-state index in [1.165, 1.54) is 24.2 Å². The van der Waals surface area contributed by atoms with Gasteiger partial charge in [0.15, 0.2) is 0 Å². The number of hydrogen-bond donors (Lipinski definition) is 2. The fourth-order valence-electron chi connectivity index (χ4n) is 1.61. The maximum Gasteiger partial charge on any atom is 0.120 e. The fraction of sp³-hybridized carbons (Fsp3) is 0.625. The van der Waals surface area contributed by atoms with Gasteiger partial charge in [-0.15, -0.1) is 12.4 Å². The number of H-pyrrole nitrogens is 1. The number of imidazole rings is 1. The Morgan fingerprint density at radius 3 is 2.75 bits per heavy atom. The maximum atomic E-state index is 5.47. The molecular weight excluding hydrogens is 174 g/mol. The lowest BCUT2D eigenvalue weighted by Crippen LogP contribution is -2.00. The average molecular weight is 188 g/mol. The minimum Gasteiger partial charge on any atom is -0.345 e. The first kappa shape index (κ1) is 9.55. The van der Waals surface area contributed by atoms with Crippen LogP contribution >= 0.6 is 12.4 Å². The molecule has 0 radical (unpaired) electrons. The first-order chi connectivity index (χ1) is 5.40. The number of aromatic amines is 1. The molecule has 2 rings (SSSR count). The molecule has 68 valence electrons. The van der Waals surface area contributed by atoms with Gasteiger partial charge >= 0.3 is 0 Å². The lowest BCUT2D eigenvalue weighted by molar-refractivity contribution is 0.667. The summed E-state index contributed by atoms with van der Waals surface area (Å²) in [4.78, 5) is 7.64. The predicted octanol–water partition coefficient (Wildman–Crippen LogP) is 1.17. The first-order valence-electron chi connectivity index (χ1n) is 4.17. The third-order valence-corrected chi connectivity index (χ3v) is 2.20. The Bertz CT molecular complexity index is 233. The Balaban J connectivity index is 0.000000720. The number of nitrogens with two attached hydrogens (primary N) is 1. The lowest BCUT2D eigenvalue weighted by atomic mass is 10.0. The van der Waals surface area contributed by atoms with Crippen LogP contribution in [0.1, 0.15) is 30.1 Å². The Hall–Kier alpha value is -0.540. The van der Waals surface area contributed by atoms with Crippen LogP contribution in [0.4, 0.5) is 0 Å². The van der Waals surface area contributed by atoms with Gasteiger partial charge in [-0.3, -0.25) is 0 Å². The van der Waals surface area contributed by atoms with E-state index in [0.717, 1.165) is 18.7 Å². The Morgan fingerprint density at radius 2 is 2.08 bits per heavy atom. The minimum absolute atomic E-state index is 0. The quantitative estimate of drug-likeness (QED) is 0.694. The van der Waals surface area contributed by atoms with Gasteiger partial charge in [-0.1, -0.05) is 0 Å². The van der Waals surface area contributed by atoms with E-state index in [1.807, 2.05) is 0 Å². The molecule has 0 spiro atoms. The van der Waals surface area contributed by atoms with Crippen molar-refractivity contribution in [2.75, 3.05) is 0 Å². The zero-order chi connectivity index (χ0) is 7.68. The van der Waals surface area contributed by atoms with Crippen molar-refractivity contribution in [1.82, 2.24) is 9.97 Å². The van der Waals surface area contributed by atoms with Gasteiger partial charge in [0, 0.05) is 5.69 Å². The highest BCUT2D eigenvalue weighted by molar-refractivity contribution is 5.85. The molecule has 0 atom stereocenters. The Kier molecular flexibility index (Phi) is 3.12. The summed E-state index contributed by atoms with van der Waals surface area (Å²) in [5.74, 6) is 0.942. The molecule has 3 N–H and O–H groups in total. The van der Waals surface area contributed by atoms with Gasteiger partial charge in [0.05, 0.1) is 12.2 Å². The molecule has 0 saturated carbocycles. The molecule has 0 amide bonds. The molecule has 1 aromatic rings. The summed E-state index contributed by atoms with van der Waals surface area (Å²) in [5.41, 5.74) is 8.03. The molecule has 1 heterocycles. The van der Waals surface area contributed by atoms with Gasteiger partial charge in [0.25, 0.3) is 0 Å². The molecule has 1 aliphatic carbocycles. The number of rotatable bonds is 1. The summed E-state index contributed by atoms with van der Waals surface area (Å²) in [7, 11) is 0. The molecule has 1 aliphatic rings. The van der Waals surface area contributed by atoms with Crippen LogP contribution in [0.25, 0.3) is 0 Å². The molecule has 0 fully saturated rings. The monoisotopic (exact) mass is 187 g/mol.